The zero-order valence-corrected chi connectivity index (χ0v) is 16.6. The van der Waals surface area contributed by atoms with Gasteiger partial charge in [-0.05, 0) is 49.2 Å². The summed E-state index contributed by atoms with van der Waals surface area (Å²) >= 11 is 3.44. The molecule has 138 valence electrons. The van der Waals surface area contributed by atoms with Crippen LogP contribution in [0.25, 0.3) is 0 Å². The Morgan fingerprint density at radius 3 is 2.42 bits per heavy atom. The smallest absolute Gasteiger partial charge is 0.342 e. The molecule has 0 spiro atoms. The van der Waals surface area contributed by atoms with Crippen LogP contribution in [0, 0.1) is 13.8 Å². The molecular weight excluding hydrogens is 402 g/mol. The number of anilines is 1. The number of carbonyl (C=O) groups excluding carboxylic acids is 2. The highest BCUT2D eigenvalue weighted by Crippen LogP contribution is 2.26. The molecule has 2 aromatic rings. The van der Waals surface area contributed by atoms with Gasteiger partial charge in [-0.2, -0.15) is 0 Å². The molecule has 6 nitrogen and oxygen atoms in total. The second kappa shape index (κ2) is 8.71. The van der Waals surface area contributed by atoms with Crippen LogP contribution in [0.4, 0.5) is 5.69 Å². The first-order chi connectivity index (χ1) is 12.4. The van der Waals surface area contributed by atoms with Gasteiger partial charge in [0, 0.05) is 16.2 Å². The minimum atomic E-state index is -0.650. The maximum absolute atomic E-state index is 12.2. The van der Waals surface area contributed by atoms with Gasteiger partial charge in [0.25, 0.3) is 5.91 Å². The van der Waals surface area contributed by atoms with Crippen LogP contribution in [0.3, 0.4) is 0 Å². The number of methoxy groups -OCH3 is 2. The van der Waals surface area contributed by atoms with Crippen LogP contribution >= 0.6 is 15.9 Å². The molecule has 2 rings (SSSR count). The van der Waals surface area contributed by atoms with Gasteiger partial charge in [-0.1, -0.05) is 15.9 Å². The summed E-state index contributed by atoms with van der Waals surface area (Å²) in [7, 11) is 2.96. The minimum Gasteiger partial charge on any atom is -0.497 e. The number of amides is 1. The fourth-order valence-electron chi connectivity index (χ4n) is 2.29. The van der Waals surface area contributed by atoms with Gasteiger partial charge in [0.15, 0.2) is 6.61 Å². The highest BCUT2D eigenvalue weighted by atomic mass is 79.9. The lowest BCUT2D eigenvalue weighted by atomic mass is 10.1. The second-order valence-corrected chi connectivity index (χ2v) is 6.39. The van der Waals surface area contributed by atoms with Crippen molar-refractivity contribution in [3.05, 3.63) is 51.5 Å². The molecule has 0 radical (unpaired) electrons. The van der Waals surface area contributed by atoms with Gasteiger partial charge in [-0.15, -0.1) is 0 Å². The molecule has 0 aliphatic heterocycles. The highest BCUT2D eigenvalue weighted by molar-refractivity contribution is 9.10. The second-order valence-electron chi connectivity index (χ2n) is 5.54. The van der Waals surface area contributed by atoms with E-state index in [9.17, 15) is 9.59 Å². The molecule has 0 aliphatic carbocycles. The summed E-state index contributed by atoms with van der Waals surface area (Å²) < 4.78 is 16.3. The number of carbonyl (C=O) groups is 2. The van der Waals surface area contributed by atoms with Crippen LogP contribution in [0.1, 0.15) is 21.5 Å². The standard InChI is InChI=1S/C19H20BrNO5/c1-11-12(2)16(8-7-15(11)20)21-18(22)10-26-19(23)14-6-5-13(24-3)9-17(14)25-4/h5-9H,10H2,1-4H3,(H,21,22). The molecule has 0 unspecified atom stereocenters. The summed E-state index contributed by atoms with van der Waals surface area (Å²) in [6.45, 7) is 3.46. The molecule has 0 fully saturated rings. The van der Waals surface area contributed by atoms with Gasteiger partial charge in [0.2, 0.25) is 0 Å². The third-order valence-electron chi connectivity index (χ3n) is 3.96. The average Bonchev–Trinajstić information content (AvgIpc) is 2.65. The van der Waals surface area contributed by atoms with Crippen molar-refractivity contribution in [2.24, 2.45) is 0 Å². The number of nitrogens with one attached hydrogen (secondary N) is 1. The van der Waals surface area contributed by atoms with E-state index in [-0.39, 0.29) is 5.56 Å². The van der Waals surface area contributed by atoms with Crippen LogP contribution in [0.2, 0.25) is 0 Å². The van der Waals surface area contributed by atoms with E-state index in [1.807, 2.05) is 19.9 Å². The van der Waals surface area contributed by atoms with E-state index >= 15 is 0 Å². The highest BCUT2D eigenvalue weighted by Gasteiger charge is 2.17. The van der Waals surface area contributed by atoms with Crippen molar-refractivity contribution in [3.63, 3.8) is 0 Å². The zero-order valence-electron chi connectivity index (χ0n) is 15.0. The van der Waals surface area contributed by atoms with Crippen LogP contribution < -0.4 is 14.8 Å². The lowest BCUT2D eigenvalue weighted by Crippen LogP contribution is -2.21. The fraction of sp³-hybridized carbons (Fsp3) is 0.263. The molecule has 0 saturated carbocycles. The molecule has 0 aliphatic rings. The molecular formula is C19H20BrNO5. The Morgan fingerprint density at radius 2 is 1.77 bits per heavy atom. The van der Waals surface area contributed by atoms with Crippen molar-refractivity contribution in [3.8, 4) is 11.5 Å². The maximum atomic E-state index is 12.2. The first kappa shape index (κ1) is 19.8. The van der Waals surface area contributed by atoms with Crippen molar-refractivity contribution in [1.29, 1.82) is 0 Å². The largest absolute Gasteiger partial charge is 0.497 e. The molecule has 0 aromatic heterocycles. The van der Waals surface area contributed by atoms with Crippen LogP contribution in [-0.4, -0.2) is 32.7 Å². The Kier molecular flexibility index (Phi) is 6.63. The number of halogens is 1. The van der Waals surface area contributed by atoms with Gasteiger partial charge in [0.1, 0.15) is 17.1 Å². The molecule has 1 amide bonds. The van der Waals surface area contributed by atoms with E-state index < -0.39 is 18.5 Å². The summed E-state index contributed by atoms with van der Waals surface area (Å²) in [5.74, 6) is -0.203. The number of ether oxygens (including phenoxy) is 3. The van der Waals surface area contributed by atoms with E-state index in [0.717, 1.165) is 15.6 Å². The lowest BCUT2D eigenvalue weighted by molar-refractivity contribution is -0.119. The molecule has 2 aromatic carbocycles. The molecule has 7 heteroatoms. The van der Waals surface area contributed by atoms with Gasteiger partial charge in [-0.25, -0.2) is 4.79 Å². The number of hydrogen-bond acceptors (Lipinski definition) is 5. The van der Waals surface area contributed by atoms with Gasteiger partial charge in [0.05, 0.1) is 14.2 Å². The predicted octanol–water partition coefficient (Wildman–Crippen LogP) is 3.88. The van der Waals surface area contributed by atoms with Gasteiger partial charge >= 0.3 is 5.97 Å². The van der Waals surface area contributed by atoms with Crippen LogP contribution in [0.15, 0.2) is 34.8 Å². The Balaban J connectivity index is 2.01. The lowest BCUT2D eigenvalue weighted by Gasteiger charge is -2.13. The molecule has 1 N–H and O–H groups in total. The zero-order chi connectivity index (χ0) is 19.3. The quantitative estimate of drug-likeness (QED) is 0.716. The van der Waals surface area contributed by atoms with Crippen molar-refractivity contribution in [1.82, 2.24) is 0 Å². The topological polar surface area (TPSA) is 73.9 Å². The number of hydrogen-bond donors (Lipinski definition) is 1. The van der Waals surface area contributed by atoms with E-state index in [1.54, 1.807) is 18.2 Å². The van der Waals surface area contributed by atoms with E-state index in [0.29, 0.717) is 17.2 Å². The van der Waals surface area contributed by atoms with E-state index in [4.69, 9.17) is 14.2 Å². The predicted molar refractivity (Wildman–Crippen MR) is 102 cm³/mol. The Morgan fingerprint density at radius 1 is 1.04 bits per heavy atom. The number of esters is 1. The van der Waals surface area contributed by atoms with E-state index in [2.05, 4.69) is 21.2 Å². The van der Waals surface area contributed by atoms with Gasteiger partial charge < -0.3 is 19.5 Å². The van der Waals surface area contributed by atoms with Crippen LogP contribution in [-0.2, 0) is 9.53 Å². The Labute approximate surface area is 160 Å². The third kappa shape index (κ3) is 4.54. The summed E-state index contributed by atoms with van der Waals surface area (Å²) in [4.78, 5) is 24.3. The van der Waals surface area contributed by atoms with Crippen molar-refractivity contribution < 1.29 is 23.8 Å². The minimum absolute atomic E-state index is 0.219. The van der Waals surface area contributed by atoms with Crippen molar-refractivity contribution in [2.45, 2.75) is 13.8 Å². The molecule has 0 heterocycles. The molecule has 26 heavy (non-hydrogen) atoms. The monoisotopic (exact) mass is 421 g/mol. The first-order valence-electron chi connectivity index (χ1n) is 7.82. The Bertz CT molecular complexity index is 835. The van der Waals surface area contributed by atoms with Crippen LogP contribution in [0.5, 0.6) is 11.5 Å². The summed E-state index contributed by atoms with van der Waals surface area (Å²) in [6, 6.07) is 8.36. The van der Waals surface area contributed by atoms with Crippen molar-refractivity contribution >= 4 is 33.5 Å². The SMILES string of the molecule is COc1ccc(C(=O)OCC(=O)Nc2ccc(Br)c(C)c2C)c(OC)c1. The molecule has 0 atom stereocenters. The molecule has 0 bridgehead atoms. The molecule has 0 saturated heterocycles. The normalized spacial score (nSPS) is 10.2. The summed E-state index contributed by atoms with van der Waals surface area (Å²) in [5.41, 5.74) is 2.86. The first-order valence-corrected chi connectivity index (χ1v) is 8.61. The summed E-state index contributed by atoms with van der Waals surface area (Å²) in [6.07, 6.45) is 0. The fourth-order valence-corrected chi connectivity index (χ4v) is 2.71. The van der Waals surface area contributed by atoms with E-state index in [1.165, 1.54) is 20.3 Å². The maximum Gasteiger partial charge on any atom is 0.342 e. The summed E-state index contributed by atoms with van der Waals surface area (Å²) in [5, 5.41) is 2.74. The number of benzene rings is 2. The Hall–Kier alpha value is -2.54. The van der Waals surface area contributed by atoms with Crippen molar-refractivity contribution in [2.75, 3.05) is 26.1 Å². The van der Waals surface area contributed by atoms with Gasteiger partial charge in [-0.3, -0.25) is 4.79 Å². The average molecular weight is 422 g/mol. The third-order valence-corrected chi connectivity index (χ3v) is 4.82. The number of rotatable bonds is 6.